The predicted octanol–water partition coefficient (Wildman–Crippen LogP) is 2.39. The summed E-state index contributed by atoms with van der Waals surface area (Å²) in [6.07, 6.45) is 1.44. The Bertz CT molecular complexity index is 972. The molecule has 1 fully saturated rings. The van der Waals surface area contributed by atoms with Gasteiger partial charge in [-0.25, -0.2) is 4.39 Å². The van der Waals surface area contributed by atoms with E-state index in [4.69, 9.17) is 21.7 Å². The zero-order valence-electron chi connectivity index (χ0n) is 13.2. The fourth-order valence-electron chi connectivity index (χ4n) is 2.65. The van der Waals surface area contributed by atoms with E-state index in [1.165, 1.54) is 30.3 Å². The second-order valence-electron chi connectivity index (χ2n) is 5.55. The summed E-state index contributed by atoms with van der Waals surface area (Å²) >= 11 is 5.09. The third-order valence-electron chi connectivity index (χ3n) is 3.89. The van der Waals surface area contributed by atoms with Crippen LogP contribution >= 0.6 is 12.2 Å². The quantitative estimate of drug-likeness (QED) is 0.500. The van der Waals surface area contributed by atoms with Gasteiger partial charge in [0.05, 0.1) is 5.69 Å². The number of ether oxygens (including phenoxy) is 2. The number of rotatable bonds is 2. The standard InChI is InChI=1S/C18H11FN2O4S/c19-11-2-4-12(5-3-11)21-17(23)13(16(22)20-18(21)26)7-10-1-6-14-15(8-10)25-9-24-14/h1-8H,9H2,(H,20,22,26)/b13-7-. The van der Waals surface area contributed by atoms with Crippen molar-refractivity contribution in [2.75, 3.05) is 11.7 Å². The molecular weight excluding hydrogens is 359 g/mol. The topological polar surface area (TPSA) is 67.9 Å². The van der Waals surface area contributed by atoms with Crippen molar-refractivity contribution in [1.29, 1.82) is 0 Å². The fourth-order valence-corrected chi connectivity index (χ4v) is 2.93. The molecule has 0 saturated carbocycles. The number of thiocarbonyl (C=S) groups is 1. The molecule has 2 aromatic rings. The van der Waals surface area contributed by atoms with Crippen LogP contribution in [0.4, 0.5) is 10.1 Å². The van der Waals surface area contributed by atoms with E-state index in [0.717, 1.165) is 4.90 Å². The number of carbonyl (C=O) groups is 2. The summed E-state index contributed by atoms with van der Waals surface area (Å²) < 4.78 is 23.7. The maximum Gasteiger partial charge on any atom is 0.270 e. The van der Waals surface area contributed by atoms with Gasteiger partial charge in [-0.2, -0.15) is 0 Å². The molecule has 0 radical (unpaired) electrons. The highest BCUT2D eigenvalue weighted by molar-refractivity contribution is 7.80. The van der Waals surface area contributed by atoms with Crippen molar-refractivity contribution in [3.05, 3.63) is 59.4 Å². The zero-order valence-corrected chi connectivity index (χ0v) is 14.0. The smallest absolute Gasteiger partial charge is 0.270 e. The summed E-state index contributed by atoms with van der Waals surface area (Å²) in [7, 11) is 0. The summed E-state index contributed by atoms with van der Waals surface area (Å²) in [5.74, 6) is -0.502. The maximum atomic E-state index is 13.1. The van der Waals surface area contributed by atoms with Gasteiger partial charge in [0, 0.05) is 0 Å². The number of halogens is 1. The van der Waals surface area contributed by atoms with Crippen molar-refractivity contribution in [2.24, 2.45) is 0 Å². The molecule has 4 rings (SSSR count). The van der Waals surface area contributed by atoms with Crippen LogP contribution in [0, 0.1) is 5.82 Å². The van der Waals surface area contributed by atoms with E-state index in [-0.39, 0.29) is 17.5 Å². The Morgan fingerprint density at radius 2 is 1.81 bits per heavy atom. The summed E-state index contributed by atoms with van der Waals surface area (Å²) in [4.78, 5) is 26.2. The highest BCUT2D eigenvalue weighted by Gasteiger charge is 2.34. The number of hydrogen-bond acceptors (Lipinski definition) is 5. The molecule has 2 aliphatic rings. The van der Waals surface area contributed by atoms with Gasteiger partial charge in [0.25, 0.3) is 11.8 Å². The maximum absolute atomic E-state index is 13.1. The zero-order chi connectivity index (χ0) is 18.3. The highest BCUT2D eigenvalue weighted by Crippen LogP contribution is 2.33. The molecule has 0 spiro atoms. The van der Waals surface area contributed by atoms with Gasteiger partial charge in [-0.3, -0.25) is 19.8 Å². The SMILES string of the molecule is O=C1NC(=S)N(c2ccc(F)cc2)C(=O)/C1=C\c1ccc2c(c1)OCO2. The molecule has 2 amide bonds. The van der Waals surface area contributed by atoms with Crippen LogP contribution in [0.25, 0.3) is 6.08 Å². The first-order chi connectivity index (χ1) is 12.5. The van der Waals surface area contributed by atoms with Crippen LogP contribution in [0.5, 0.6) is 11.5 Å². The van der Waals surface area contributed by atoms with Crippen molar-refractivity contribution in [1.82, 2.24) is 5.32 Å². The van der Waals surface area contributed by atoms with E-state index < -0.39 is 17.6 Å². The summed E-state index contributed by atoms with van der Waals surface area (Å²) in [5, 5.41) is 2.41. The minimum atomic E-state index is -0.601. The molecule has 0 unspecified atom stereocenters. The Kier molecular flexibility index (Phi) is 3.89. The number of carbonyl (C=O) groups excluding carboxylic acids is 2. The van der Waals surface area contributed by atoms with Crippen molar-refractivity contribution in [3.8, 4) is 11.5 Å². The van der Waals surface area contributed by atoms with Gasteiger partial charge in [0.2, 0.25) is 6.79 Å². The van der Waals surface area contributed by atoms with Gasteiger partial charge < -0.3 is 9.47 Å². The number of fused-ring (bicyclic) bond motifs is 1. The Hall–Kier alpha value is -3.26. The van der Waals surface area contributed by atoms with Crippen molar-refractivity contribution in [2.45, 2.75) is 0 Å². The third-order valence-corrected chi connectivity index (χ3v) is 4.18. The van der Waals surface area contributed by atoms with Crippen molar-refractivity contribution < 1.29 is 23.5 Å². The highest BCUT2D eigenvalue weighted by atomic mass is 32.1. The Morgan fingerprint density at radius 3 is 2.58 bits per heavy atom. The fraction of sp³-hybridized carbons (Fsp3) is 0.0556. The minimum absolute atomic E-state index is 0.0607. The molecule has 2 heterocycles. The number of nitrogens with zero attached hydrogens (tertiary/aromatic N) is 1. The lowest BCUT2D eigenvalue weighted by molar-refractivity contribution is -0.122. The first kappa shape index (κ1) is 16.2. The van der Waals surface area contributed by atoms with Crippen molar-refractivity contribution in [3.63, 3.8) is 0 Å². The molecule has 1 N–H and O–H groups in total. The third kappa shape index (κ3) is 2.80. The molecule has 1 saturated heterocycles. The van der Waals surface area contributed by atoms with Crippen LogP contribution in [0.3, 0.4) is 0 Å². The van der Waals surface area contributed by atoms with Gasteiger partial charge >= 0.3 is 0 Å². The molecule has 0 bridgehead atoms. The Morgan fingerprint density at radius 1 is 1.08 bits per heavy atom. The molecule has 0 atom stereocenters. The average Bonchev–Trinajstić information content (AvgIpc) is 3.08. The molecule has 130 valence electrons. The van der Waals surface area contributed by atoms with Gasteiger partial charge in [0.1, 0.15) is 11.4 Å². The monoisotopic (exact) mass is 370 g/mol. The van der Waals surface area contributed by atoms with Gasteiger partial charge in [-0.15, -0.1) is 0 Å². The van der Waals surface area contributed by atoms with Crippen LogP contribution in [0.2, 0.25) is 0 Å². The number of anilines is 1. The molecular formula is C18H11FN2O4S. The molecule has 2 aromatic carbocycles. The molecule has 26 heavy (non-hydrogen) atoms. The van der Waals surface area contributed by atoms with Crippen LogP contribution in [0.1, 0.15) is 5.56 Å². The van der Waals surface area contributed by atoms with E-state index in [0.29, 0.717) is 22.7 Å². The normalized spacial score (nSPS) is 17.7. The second kappa shape index (κ2) is 6.23. The average molecular weight is 370 g/mol. The number of amides is 2. The summed E-state index contributed by atoms with van der Waals surface area (Å²) in [5.41, 5.74) is 0.861. The lowest BCUT2D eigenvalue weighted by atomic mass is 10.1. The first-order valence-electron chi connectivity index (χ1n) is 7.59. The van der Waals surface area contributed by atoms with Gasteiger partial charge in [-0.1, -0.05) is 6.07 Å². The second-order valence-corrected chi connectivity index (χ2v) is 5.93. The van der Waals surface area contributed by atoms with Crippen LogP contribution in [0.15, 0.2) is 48.0 Å². The lowest BCUT2D eigenvalue weighted by Gasteiger charge is -2.28. The molecule has 2 aliphatic heterocycles. The summed E-state index contributed by atoms with van der Waals surface area (Å²) in [6.45, 7) is 0.126. The van der Waals surface area contributed by atoms with E-state index >= 15 is 0 Å². The van der Waals surface area contributed by atoms with E-state index in [9.17, 15) is 14.0 Å². The van der Waals surface area contributed by atoms with E-state index in [1.54, 1.807) is 18.2 Å². The minimum Gasteiger partial charge on any atom is -0.454 e. The largest absolute Gasteiger partial charge is 0.454 e. The molecule has 0 aromatic heterocycles. The van der Waals surface area contributed by atoms with E-state index in [1.807, 2.05) is 0 Å². The lowest BCUT2D eigenvalue weighted by Crippen LogP contribution is -2.54. The van der Waals surface area contributed by atoms with E-state index in [2.05, 4.69) is 5.32 Å². The van der Waals surface area contributed by atoms with Crippen LogP contribution < -0.4 is 19.7 Å². The molecule has 8 heteroatoms. The number of benzene rings is 2. The Balaban J connectivity index is 1.71. The Labute approximate surface area is 152 Å². The molecule has 0 aliphatic carbocycles. The van der Waals surface area contributed by atoms with Gasteiger partial charge in [0.15, 0.2) is 16.6 Å². The van der Waals surface area contributed by atoms with Crippen molar-refractivity contribution >= 4 is 40.9 Å². The number of nitrogens with one attached hydrogen (secondary N) is 1. The molecule has 6 nitrogen and oxygen atoms in total. The van der Waals surface area contributed by atoms with Gasteiger partial charge in [-0.05, 0) is 60.3 Å². The van der Waals surface area contributed by atoms with Crippen LogP contribution in [-0.4, -0.2) is 23.7 Å². The predicted molar refractivity (Wildman–Crippen MR) is 95.2 cm³/mol. The summed E-state index contributed by atoms with van der Waals surface area (Å²) in [6, 6.07) is 10.3. The number of hydrogen-bond donors (Lipinski definition) is 1. The first-order valence-corrected chi connectivity index (χ1v) is 8.00. The van der Waals surface area contributed by atoms with Crippen LogP contribution in [-0.2, 0) is 9.59 Å².